The van der Waals surface area contributed by atoms with Crippen molar-refractivity contribution >= 4 is 23.7 Å². The molecule has 27 heavy (non-hydrogen) atoms. The van der Waals surface area contributed by atoms with Crippen molar-refractivity contribution in [2.75, 3.05) is 0 Å². The number of allylic oxidation sites excluding steroid dienone is 2. The topological polar surface area (TPSA) is 115 Å². The first kappa shape index (κ1) is 20.1. The molecular weight excluding hydrogens is 348 g/mol. The van der Waals surface area contributed by atoms with E-state index in [9.17, 15) is 19.8 Å². The first-order valence-electron chi connectivity index (χ1n) is 8.20. The highest BCUT2D eigenvalue weighted by atomic mass is 16.3. The second-order valence-electron chi connectivity index (χ2n) is 5.87. The quantitative estimate of drug-likeness (QED) is 0.420. The lowest BCUT2D eigenvalue weighted by Gasteiger charge is -2.02. The number of ketones is 2. The lowest BCUT2D eigenvalue weighted by atomic mass is 10.1. The molecule has 6 nitrogen and oxygen atoms in total. The summed E-state index contributed by atoms with van der Waals surface area (Å²) in [5.74, 6) is -0.824. The molecule has 0 aliphatic heterocycles. The van der Waals surface area contributed by atoms with Crippen LogP contribution in [0.15, 0.2) is 48.6 Å². The fourth-order valence-corrected chi connectivity index (χ4v) is 2.34. The van der Waals surface area contributed by atoms with Gasteiger partial charge in [-0.15, -0.1) is 0 Å². The molecule has 0 aliphatic rings. The summed E-state index contributed by atoms with van der Waals surface area (Å²) in [4.78, 5) is 23.8. The Balaban J connectivity index is 1.96. The lowest BCUT2D eigenvalue weighted by molar-refractivity contribution is -0.121. The van der Waals surface area contributed by atoms with Crippen LogP contribution in [-0.4, -0.2) is 32.0 Å². The Labute approximate surface area is 156 Å². The maximum Gasteiger partial charge on any atom is 0.163 e. The first-order valence-corrected chi connectivity index (χ1v) is 8.20. The van der Waals surface area contributed by atoms with Crippen molar-refractivity contribution in [2.45, 2.75) is 19.6 Å². The van der Waals surface area contributed by atoms with Crippen LogP contribution in [0.25, 0.3) is 12.2 Å². The standard InChI is InChI=1S/C21H20O6/c22-12-16-9-14(3-7-20(16)26)1-5-18(24)11-19(25)6-2-15-4-8-21(27)17(10-15)13-23/h1-10,22-23,26-27H,11-13H2/b5-1+,6-2+. The van der Waals surface area contributed by atoms with E-state index in [1.807, 2.05) is 0 Å². The number of phenols is 2. The van der Waals surface area contributed by atoms with Crippen LogP contribution >= 0.6 is 0 Å². The van der Waals surface area contributed by atoms with Gasteiger partial charge >= 0.3 is 0 Å². The Kier molecular flexibility index (Phi) is 7.05. The van der Waals surface area contributed by atoms with Gasteiger partial charge in [-0.1, -0.05) is 24.3 Å². The second kappa shape index (κ2) is 9.47. The van der Waals surface area contributed by atoms with Crippen molar-refractivity contribution in [2.24, 2.45) is 0 Å². The van der Waals surface area contributed by atoms with E-state index in [1.165, 1.54) is 36.4 Å². The number of hydrogen-bond acceptors (Lipinski definition) is 6. The molecule has 0 saturated carbocycles. The fourth-order valence-electron chi connectivity index (χ4n) is 2.34. The molecule has 0 unspecified atom stereocenters. The Morgan fingerprint density at radius 3 is 1.52 bits per heavy atom. The molecule has 2 aromatic carbocycles. The minimum absolute atomic E-state index is 0.0279. The van der Waals surface area contributed by atoms with E-state index in [0.29, 0.717) is 22.3 Å². The van der Waals surface area contributed by atoms with Gasteiger partial charge in [0.05, 0.1) is 19.6 Å². The highest BCUT2D eigenvalue weighted by Crippen LogP contribution is 2.20. The highest BCUT2D eigenvalue weighted by molar-refractivity contribution is 6.10. The number of aliphatic hydroxyl groups is 2. The summed E-state index contributed by atoms with van der Waals surface area (Å²) in [6, 6.07) is 9.10. The molecule has 0 bridgehead atoms. The Morgan fingerprint density at radius 2 is 1.15 bits per heavy atom. The normalized spacial score (nSPS) is 11.3. The van der Waals surface area contributed by atoms with Crippen molar-refractivity contribution in [3.63, 3.8) is 0 Å². The summed E-state index contributed by atoms with van der Waals surface area (Å²) < 4.78 is 0. The van der Waals surface area contributed by atoms with E-state index in [-0.39, 0.29) is 42.7 Å². The molecule has 2 aromatic rings. The molecule has 0 aromatic heterocycles. The minimum Gasteiger partial charge on any atom is -0.508 e. The van der Waals surface area contributed by atoms with Gasteiger partial charge in [0.1, 0.15) is 11.5 Å². The molecule has 0 amide bonds. The molecule has 4 N–H and O–H groups in total. The molecule has 6 heteroatoms. The largest absolute Gasteiger partial charge is 0.508 e. The second-order valence-corrected chi connectivity index (χ2v) is 5.87. The first-order chi connectivity index (χ1) is 12.9. The van der Waals surface area contributed by atoms with Crippen LogP contribution in [-0.2, 0) is 22.8 Å². The van der Waals surface area contributed by atoms with Crippen LogP contribution in [0.3, 0.4) is 0 Å². The van der Waals surface area contributed by atoms with Gasteiger partial charge in [0, 0.05) is 11.1 Å². The van der Waals surface area contributed by atoms with Gasteiger partial charge in [0.25, 0.3) is 0 Å². The molecular formula is C21H20O6. The lowest BCUT2D eigenvalue weighted by Crippen LogP contribution is -2.02. The number of carbonyl (C=O) groups excluding carboxylic acids is 2. The smallest absolute Gasteiger partial charge is 0.163 e. The van der Waals surface area contributed by atoms with Crippen molar-refractivity contribution < 1.29 is 30.0 Å². The van der Waals surface area contributed by atoms with Crippen LogP contribution in [0, 0.1) is 0 Å². The van der Waals surface area contributed by atoms with E-state index in [4.69, 9.17) is 10.2 Å². The van der Waals surface area contributed by atoms with Crippen LogP contribution in [0.2, 0.25) is 0 Å². The number of aliphatic hydroxyl groups excluding tert-OH is 2. The summed E-state index contributed by atoms with van der Waals surface area (Å²) in [7, 11) is 0. The van der Waals surface area contributed by atoms with E-state index in [0.717, 1.165) is 0 Å². The van der Waals surface area contributed by atoms with Gasteiger partial charge in [0.15, 0.2) is 11.6 Å². The third-order valence-corrected chi connectivity index (χ3v) is 3.82. The minimum atomic E-state index is -0.384. The number of rotatable bonds is 8. The van der Waals surface area contributed by atoms with Crippen LogP contribution in [0.4, 0.5) is 0 Å². The van der Waals surface area contributed by atoms with E-state index >= 15 is 0 Å². The molecule has 0 spiro atoms. The van der Waals surface area contributed by atoms with Gasteiger partial charge in [-0.25, -0.2) is 0 Å². The number of benzene rings is 2. The zero-order valence-electron chi connectivity index (χ0n) is 14.5. The number of aromatic hydroxyl groups is 2. The SMILES string of the molecule is O=C(/C=C/c1ccc(O)c(CO)c1)CC(=O)/C=C/c1ccc(O)c(CO)c1. The van der Waals surface area contributed by atoms with Crippen LogP contribution in [0.5, 0.6) is 11.5 Å². The number of carbonyl (C=O) groups is 2. The summed E-state index contributed by atoms with van der Waals surface area (Å²) >= 11 is 0. The molecule has 0 aliphatic carbocycles. The van der Waals surface area contributed by atoms with Crippen molar-refractivity contribution in [1.82, 2.24) is 0 Å². The predicted molar refractivity (Wildman–Crippen MR) is 101 cm³/mol. The van der Waals surface area contributed by atoms with Gasteiger partial charge < -0.3 is 20.4 Å². The summed E-state index contributed by atoms with van der Waals surface area (Å²) in [5, 5.41) is 37.2. The van der Waals surface area contributed by atoms with Gasteiger partial charge in [-0.3, -0.25) is 9.59 Å². The third-order valence-electron chi connectivity index (χ3n) is 3.82. The molecule has 0 fully saturated rings. The Morgan fingerprint density at radius 1 is 0.741 bits per heavy atom. The van der Waals surface area contributed by atoms with Crippen LogP contribution in [0.1, 0.15) is 28.7 Å². The van der Waals surface area contributed by atoms with Gasteiger partial charge in [-0.05, 0) is 47.5 Å². The molecule has 0 radical (unpaired) electrons. The van der Waals surface area contributed by atoms with E-state index in [2.05, 4.69) is 0 Å². The summed E-state index contributed by atoms with van der Waals surface area (Å²) in [6.07, 6.45) is 5.24. The Bertz CT molecular complexity index is 822. The molecule has 140 valence electrons. The zero-order valence-corrected chi connectivity index (χ0v) is 14.5. The monoisotopic (exact) mass is 368 g/mol. The highest BCUT2D eigenvalue weighted by Gasteiger charge is 2.05. The summed E-state index contributed by atoms with van der Waals surface area (Å²) in [6.45, 7) is -0.639. The number of hydrogen-bond donors (Lipinski definition) is 4. The van der Waals surface area contributed by atoms with Crippen molar-refractivity contribution in [1.29, 1.82) is 0 Å². The molecule has 0 atom stereocenters. The zero-order chi connectivity index (χ0) is 19.8. The third kappa shape index (κ3) is 5.91. The average molecular weight is 368 g/mol. The maximum absolute atomic E-state index is 11.9. The van der Waals surface area contributed by atoms with E-state index < -0.39 is 0 Å². The van der Waals surface area contributed by atoms with Gasteiger partial charge in [-0.2, -0.15) is 0 Å². The molecule has 0 saturated heterocycles. The maximum atomic E-state index is 11.9. The fraction of sp³-hybridized carbons (Fsp3) is 0.143. The summed E-state index contributed by atoms with van der Waals surface area (Å²) in [5.41, 5.74) is 1.93. The van der Waals surface area contributed by atoms with Crippen LogP contribution < -0.4 is 0 Å². The van der Waals surface area contributed by atoms with E-state index in [1.54, 1.807) is 24.3 Å². The molecule has 2 rings (SSSR count). The Hall–Kier alpha value is -3.22. The average Bonchev–Trinajstić information content (AvgIpc) is 2.66. The molecule has 0 heterocycles. The predicted octanol–water partition coefficient (Wildman–Crippen LogP) is 2.34. The van der Waals surface area contributed by atoms with Crippen molar-refractivity contribution in [3.05, 3.63) is 70.8 Å². The van der Waals surface area contributed by atoms with Crippen molar-refractivity contribution in [3.8, 4) is 11.5 Å². The van der Waals surface area contributed by atoms with Gasteiger partial charge in [0.2, 0.25) is 0 Å².